The fraction of sp³-hybridized carbons (Fsp3) is 0.643. The molecule has 3 heteroatoms. The topological polar surface area (TPSA) is 42.2 Å². The molecule has 1 fully saturated rings. The number of rotatable bonds is 4. The minimum atomic E-state index is 0.364. The van der Waals surface area contributed by atoms with Gasteiger partial charge >= 0.3 is 0 Å². The van der Waals surface area contributed by atoms with Crippen LogP contribution in [0.15, 0.2) is 24.5 Å². The first-order valence-corrected chi connectivity index (χ1v) is 6.62. The van der Waals surface area contributed by atoms with Crippen molar-refractivity contribution in [1.82, 2.24) is 9.88 Å². The molecule has 1 aliphatic rings. The van der Waals surface area contributed by atoms with Crippen LogP contribution in [0.2, 0.25) is 0 Å². The highest BCUT2D eigenvalue weighted by atomic mass is 15.1. The van der Waals surface area contributed by atoms with Gasteiger partial charge in [-0.2, -0.15) is 0 Å². The number of nitrogens with two attached hydrogens (primary N) is 1. The first-order valence-electron chi connectivity index (χ1n) is 6.62. The Labute approximate surface area is 104 Å². The smallest absolute Gasteiger partial charge is 0.0300 e. The number of hydrogen-bond acceptors (Lipinski definition) is 3. The van der Waals surface area contributed by atoms with Gasteiger partial charge in [0.1, 0.15) is 0 Å². The van der Waals surface area contributed by atoms with Crippen LogP contribution in [0.3, 0.4) is 0 Å². The zero-order valence-corrected chi connectivity index (χ0v) is 10.7. The first kappa shape index (κ1) is 12.5. The van der Waals surface area contributed by atoms with Crippen LogP contribution in [0.25, 0.3) is 0 Å². The lowest BCUT2D eigenvalue weighted by Gasteiger charge is -2.36. The second kappa shape index (κ2) is 6.12. The Morgan fingerprint density at radius 3 is 2.94 bits per heavy atom. The summed E-state index contributed by atoms with van der Waals surface area (Å²) in [7, 11) is 2.20. The Morgan fingerprint density at radius 2 is 2.24 bits per heavy atom. The van der Waals surface area contributed by atoms with Crippen LogP contribution in [0.1, 0.15) is 31.2 Å². The fourth-order valence-corrected chi connectivity index (χ4v) is 2.70. The van der Waals surface area contributed by atoms with Gasteiger partial charge in [-0.15, -0.1) is 0 Å². The minimum absolute atomic E-state index is 0.364. The molecule has 2 atom stereocenters. The summed E-state index contributed by atoms with van der Waals surface area (Å²) in [6.07, 6.45) is 9.91. The quantitative estimate of drug-likeness (QED) is 0.862. The molecule has 0 radical (unpaired) electrons. The van der Waals surface area contributed by atoms with E-state index in [1.54, 1.807) is 0 Å². The monoisotopic (exact) mass is 233 g/mol. The van der Waals surface area contributed by atoms with Crippen molar-refractivity contribution in [2.45, 2.75) is 44.2 Å². The van der Waals surface area contributed by atoms with Gasteiger partial charge < -0.3 is 10.6 Å². The number of hydrogen-bond donors (Lipinski definition) is 1. The molecule has 3 nitrogen and oxygen atoms in total. The fourth-order valence-electron chi connectivity index (χ4n) is 2.70. The molecule has 1 aliphatic carbocycles. The van der Waals surface area contributed by atoms with Gasteiger partial charge in [0.15, 0.2) is 0 Å². The molecule has 0 aliphatic heterocycles. The molecule has 2 N–H and O–H groups in total. The molecule has 0 amide bonds. The second-order valence-electron chi connectivity index (χ2n) is 5.11. The van der Waals surface area contributed by atoms with Crippen LogP contribution >= 0.6 is 0 Å². The van der Waals surface area contributed by atoms with E-state index in [1.165, 1.54) is 31.2 Å². The molecule has 94 valence electrons. The van der Waals surface area contributed by atoms with Crippen molar-refractivity contribution >= 4 is 0 Å². The van der Waals surface area contributed by atoms with E-state index < -0.39 is 0 Å². The molecule has 17 heavy (non-hydrogen) atoms. The summed E-state index contributed by atoms with van der Waals surface area (Å²) in [5.41, 5.74) is 7.50. The Balaban J connectivity index is 1.82. The standard InChI is InChI=1S/C14H23N3/c1-17(14-7-3-2-6-13(14)15)10-8-12-5-4-9-16-11-12/h4-5,9,11,13-14H,2-3,6-8,10,15H2,1H3. The first-order chi connectivity index (χ1) is 8.27. The van der Waals surface area contributed by atoms with Crippen molar-refractivity contribution in [3.63, 3.8) is 0 Å². The molecule has 2 unspecified atom stereocenters. The van der Waals surface area contributed by atoms with Crippen LogP contribution in [0.5, 0.6) is 0 Å². The van der Waals surface area contributed by atoms with Crippen molar-refractivity contribution in [3.05, 3.63) is 30.1 Å². The number of likely N-dealkylation sites (N-methyl/N-ethyl adjacent to an activating group) is 1. The zero-order valence-electron chi connectivity index (χ0n) is 10.7. The van der Waals surface area contributed by atoms with E-state index in [0.29, 0.717) is 12.1 Å². The largest absolute Gasteiger partial charge is 0.326 e. The van der Waals surface area contributed by atoms with Crippen molar-refractivity contribution in [1.29, 1.82) is 0 Å². The van der Waals surface area contributed by atoms with E-state index in [-0.39, 0.29) is 0 Å². The molecule has 2 rings (SSSR count). The molecule has 1 saturated carbocycles. The molecule has 1 aromatic heterocycles. The van der Waals surface area contributed by atoms with Gasteiger partial charge in [0, 0.05) is 31.0 Å². The predicted octanol–water partition coefficient (Wildman–Crippen LogP) is 1.83. The summed E-state index contributed by atoms with van der Waals surface area (Å²) < 4.78 is 0. The van der Waals surface area contributed by atoms with Gasteiger partial charge in [-0.3, -0.25) is 4.98 Å². The Kier molecular flexibility index (Phi) is 4.51. The molecule has 0 saturated heterocycles. The molecule has 0 spiro atoms. The summed E-state index contributed by atoms with van der Waals surface area (Å²) in [5.74, 6) is 0. The average Bonchev–Trinajstić information content (AvgIpc) is 2.38. The molecular weight excluding hydrogens is 210 g/mol. The molecule has 0 aromatic carbocycles. The molecule has 1 aromatic rings. The van der Waals surface area contributed by atoms with E-state index in [1.807, 2.05) is 18.5 Å². The van der Waals surface area contributed by atoms with E-state index >= 15 is 0 Å². The van der Waals surface area contributed by atoms with Gasteiger partial charge in [-0.05, 0) is 37.9 Å². The Morgan fingerprint density at radius 1 is 1.41 bits per heavy atom. The van der Waals surface area contributed by atoms with Crippen LogP contribution in [0.4, 0.5) is 0 Å². The second-order valence-corrected chi connectivity index (χ2v) is 5.11. The third kappa shape index (κ3) is 3.51. The van der Waals surface area contributed by atoms with E-state index in [2.05, 4.69) is 23.0 Å². The van der Waals surface area contributed by atoms with Crippen LogP contribution < -0.4 is 5.73 Å². The summed E-state index contributed by atoms with van der Waals surface area (Å²) in [6, 6.07) is 5.08. The van der Waals surface area contributed by atoms with Crippen LogP contribution in [-0.2, 0) is 6.42 Å². The van der Waals surface area contributed by atoms with Gasteiger partial charge in [-0.25, -0.2) is 0 Å². The van der Waals surface area contributed by atoms with Crippen LogP contribution in [-0.4, -0.2) is 35.6 Å². The predicted molar refractivity (Wildman–Crippen MR) is 70.8 cm³/mol. The summed E-state index contributed by atoms with van der Waals surface area (Å²) >= 11 is 0. The molecular formula is C14H23N3. The highest BCUT2D eigenvalue weighted by Gasteiger charge is 2.24. The van der Waals surface area contributed by atoms with Crippen molar-refractivity contribution < 1.29 is 0 Å². The summed E-state index contributed by atoms with van der Waals surface area (Å²) in [6.45, 7) is 1.07. The Bertz CT molecular complexity index is 325. The van der Waals surface area contributed by atoms with E-state index in [9.17, 15) is 0 Å². The van der Waals surface area contributed by atoms with Crippen molar-refractivity contribution in [2.24, 2.45) is 5.73 Å². The summed E-state index contributed by atoms with van der Waals surface area (Å²) in [4.78, 5) is 6.57. The summed E-state index contributed by atoms with van der Waals surface area (Å²) in [5, 5.41) is 0. The lowest BCUT2D eigenvalue weighted by molar-refractivity contribution is 0.171. The average molecular weight is 233 g/mol. The van der Waals surface area contributed by atoms with Gasteiger partial charge in [0.05, 0.1) is 0 Å². The lowest BCUT2D eigenvalue weighted by Crippen LogP contribution is -2.48. The number of nitrogens with zero attached hydrogens (tertiary/aromatic N) is 2. The van der Waals surface area contributed by atoms with E-state index in [0.717, 1.165) is 13.0 Å². The third-order valence-corrected chi connectivity index (χ3v) is 3.82. The highest BCUT2D eigenvalue weighted by molar-refractivity contribution is 5.08. The van der Waals surface area contributed by atoms with Crippen molar-refractivity contribution in [2.75, 3.05) is 13.6 Å². The number of pyridine rings is 1. The highest BCUT2D eigenvalue weighted by Crippen LogP contribution is 2.21. The lowest BCUT2D eigenvalue weighted by atomic mass is 9.90. The minimum Gasteiger partial charge on any atom is -0.326 e. The maximum atomic E-state index is 6.19. The normalized spacial score (nSPS) is 25.1. The SMILES string of the molecule is CN(CCc1cccnc1)C1CCCCC1N. The van der Waals surface area contributed by atoms with Crippen molar-refractivity contribution in [3.8, 4) is 0 Å². The van der Waals surface area contributed by atoms with Gasteiger partial charge in [0.25, 0.3) is 0 Å². The van der Waals surface area contributed by atoms with Crippen LogP contribution in [0, 0.1) is 0 Å². The maximum absolute atomic E-state index is 6.19. The maximum Gasteiger partial charge on any atom is 0.0300 e. The molecule has 1 heterocycles. The van der Waals surface area contributed by atoms with E-state index in [4.69, 9.17) is 5.73 Å². The zero-order chi connectivity index (χ0) is 12.1. The van der Waals surface area contributed by atoms with Gasteiger partial charge in [-0.1, -0.05) is 18.9 Å². The van der Waals surface area contributed by atoms with Gasteiger partial charge in [0.2, 0.25) is 0 Å². The molecule has 0 bridgehead atoms. The third-order valence-electron chi connectivity index (χ3n) is 3.82. The number of aromatic nitrogens is 1. The Hall–Kier alpha value is -0.930.